The van der Waals surface area contributed by atoms with Gasteiger partial charge in [0.25, 0.3) is 0 Å². The van der Waals surface area contributed by atoms with Crippen LogP contribution in [0.25, 0.3) is 0 Å². The molecule has 0 aromatic carbocycles. The first-order chi connectivity index (χ1) is 27.3. The molecule has 3 fully saturated rings. The number of aliphatic hydroxyl groups excluding tert-OH is 11. The van der Waals surface area contributed by atoms with E-state index in [9.17, 15) is 61.0 Å². The third-order valence-corrected chi connectivity index (χ3v) is 10.3. The van der Waals surface area contributed by atoms with Crippen LogP contribution in [0.4, 0.5) is 0 Å². The average Bonchev–Trinajstić information content (AvgIpc) is 3.20. The summed E-state index contributed by atoms with van der Waals surface area (Å²) < 4.78 is 33.7. The molecule has 17 unspecified atom stereocenters. The minimum atomic E-state index is -1.97. The van der Waals surface area contributed by atoms with Gasteiger partial charge in [0.15, 0.2) is 18.9 Å². The SMILES string of the molecule is CCCC/C=C/CC/C=C/C(O)C(COC1OC(CO)C(OC2OC(CO)C(OC3OC(CO)C(O)C(O)C3O)C(O)C2O)C(O)C1O)NC(=O)CCCCCC. The van der Waals surface area contributed by atoms with Crippen LogP contribution in [-0.2, 0) is 33.2 Å². The van der Waals surface area contributed by atoms with E-state index in [1.54, 1.807) is 12.2 Å². The van der Waals surface area contributed by atoms with Gasteiger partial charge in [0.05, 0.1) is 38.6 Å². The molecule has 0 aromatic rings. The van der Waals surface area contributed by atoms with Gasteiger partial charge in [-0.05, 0) is 25.7 Å². The Morgan fingerprint density at radius 2 is 1.12 bits per heavy atom. The molecule has 3 rings (SSSR count). The van der Waals surface area contributed by atoms with Gasteiger partial charge in [0.1, 0.15) is 73.2 Å². The monoisotopic (exact) mass is 825 g/mol. The molecular weight excluding hydrogens is 758 g/mol. The van der Waals surface area contributed by atoms with Crippen LogP contribution in [0.5, 0.6) is 0 Å². The summed E-state index contributed by atoms with van der Waals surface area (Å²) >= 11 is 0. The summed E-state index contributed by atoms with van der Waals surface area (Å²) in [6, 6.07) is -0.977. The Morgan fingerprint density at radius 1 is 0.614 bits per heavy atom. The van der Waals surface area contributed by atoms with E-state index in [0.29, 0.717) is 12.8 Å². The lowest BCUT2D eigenvalue weighted by Gasteiger charge is -2.48. The zero-order valence-corrected chi connectivity index (χ0v) is 32.8. The highest BCUT2D eigenvalue weighted by Gasteiger charge is 2.53. The van der Waals surface area contributed by atoms with Crippen LogP contribution < -0.4 is 5.32 Å². The van der Waals surface area contributed by atoms with E-state index in [1.165, 1.54) is 0 Å². The first-order valence-corrected chi connectivity index (χ1v) is 20.1. The van der Waals surface area contributed by atoms with Crippen molar-refractivity contribution >= 4 is 5.91 Å². The van der Waals surface area contributed by atoms with Gasteiger partial charge in [-0.2, -0.15) is 0 Å². The molecule has 0 spiro atoms. The summed E-state index contributed by atoms with van der Waals surface area (Å²) in [6.07, 6.45) is -11.0. The van der Waals surface area contributed by atoms with E-state index < -0.39 is 124 Å². The number of carbonyl (C=O) groups excluding carboxylic acids is 1. The number of carbonyl (C=O) groups is 1. The van der Waals surface area contributed by atoms with Crippen molar-refractivity contribution in [2.75, 3.05) is 26.4 Å². The fourth-order valence-corrected chi connectivity index (χ4v) is 6.72. The number of rotatable bonds is 24. The van der Waals surface area contributed by atoms with E-state index in [-0.39, 0.29) is 18.9 Å². The molecule has 12 N–H and O–H groups in total. The minimum absolute atomic E-state index is 0.226. The second-order valence-corrected chi connectivity index (χ2v) is 14.7. The Hall–Kier alpha value is -1.73. The maximum atomic E-state index is 12.8. The number of hydrogen-bond donors (Lipinski definition) is 12. The second-order valence-electron chi connectivity index (χ2n) is 14.7. The smallest absolute Gasteiger partial charge is 0.220 e. The van der Waals surface area contributed by atoms with Gasteiger partial charge in [-0.3, -0.25) is 4.79 Å². The topological polar surface area (TPSA) is 307 Å². The Morgan fingerprint density at radius 3 is 1.70 bits per heavy atom. The predicted molar refractivity (Wildman–Crippen MR) is 199 cm³/mol. The molecule has 0 aromatic heterocycles. The normalized spacial score (nSPS) is 37.5. The fourth-order valence-electron chi connectivity index (χ4n) is 6.72. The lowest BCUT2D eigenvalue weighted by Crippen LogP contribution is -2.66. The summed E-state index contributed by atoms with van der Waals surface area (Å²) in [5.41, 5.74) is 0. The second kappa shape index (κ2) is 25.8. The minimum Gasteiger partial charge on any atom is -0.394 e. The van der Waals surface area contributed by atoms with Crippen LogP contribution in [0.1, 0.15) is 78.1 Å². The van der Waals surface area contributed by atoms with Gasteiger partial charge >= 0.3 is 0 Å². The van der Waals surface area contributed by atoms with Crippen molar-refractivity contribution in [3.63, 3.8) is 0 Å². The number of aliphatic hydroxyl groups is 11. The van der Waals surface area contributed by atoms with Crippen LogP contribution in [0, 0.1) is 0 Å². The van der Waals surface area contributed by atoms with Crippen LogP contribution in [0.15, 0.2) is 24.3 Å². The predicted octanol–water partition coefficient (Wildman–Crippen LogP) is -2.65. The van der Waals surface area contributed by atoms with E-state index in [4.69, 9.17) is 28.4 Å². The molecule has 3 aliphatic heterocycles. The number of amides is 1. The lowest BCUT2D eigenvalue weighted by molar-refractivity contribution is -0.379. The lowest BCUT2D eigenvalue weighted by atomic mass is 9.96. The Bertz CT molecular complexity index is 1180. The van der Waals surface area contributed by atoms with Crippen molar-refractivity contribution in [3.8, 4) is 0 Å². The molecule has 19 nitrogen and oxygen atoms in total. The van der Waals surface area contributed by atoms with Gasteiger partial charge in [-0.1, -0.05) is 70.3 Å². The first-order valence-electron chi connectivity index (χ1n) is 20.1. The molecule has 0 radical (unpaired) electrons. The number of unbranched alkanes of at least 4 members (excludes halogenated alkanes) is 6. The Kier molecular flexibility index (Phi) is 22.5. The van der Waals surface area contributed by atoms with E-state index in [1.807, 2.05) is 0 Å². The molecule has 3 saturated heterocycles. The van der Waals surface area contributed by atoms with Crippen molar-refractivity contribution in [3.05, 3.63) is 24.3 Å². The average molecular weight is 826 g/mol. The molecule has 57 heavy (non-hydrogen) atoms. The molecule has 0 bridgehead atoms. The number of allylic oxidation sites excluding steroid dienone is 3. The van der Waals surface area contributed by atoms with Gasteiger partial charge in [-0.25, -0.2) is 0 Å². The zero-order valence-electron chi connectivity index (χ0n) is 32.8. The van der Waals surface area contributed by atoms with Crippen LogP contribution in [0.3, 0.4) is 0 Å². The molecule has 3 heterocycles. The zero-order chi connectivity index (χ0) is 42.1. The Balaban J connectivity index is 1.65. The van der Waals surface area contributed by atoms with Crippen LogP contribution >= 0.6 is 0 Å². The summed E-state index contributed by atoms with van der Waals surface area (Å²) in [5, 5.41) is 118. The van der Waals surface area contributed by atoms with Crippen molar-refractivity contribution in [2.24, 2.45) is 0 Å². The summed E-state index contributed by atoms with van der Waals surface area (Å²) in [6.45, 7) is 1.38. The van der Waals surface area contributed by atoms with Gasteiger partial charge in [0, 0.05) is 6.42 Å². The standard InChI is InChI=1S/C38H67NO18/c1-3-5-7-9-10-11-12-13-15-22(43)21(39-26(44)16-14-8-6-4-2)20-52-36-32(50)29(47)34(24(18-41)54-36)57-38-33(51)30(48)35(25(19-42)55-38)56-37-31(49)28(46)27(45)23(17-40)53-37/h9-10,13,15,21-25,27-38,40-43,45-51H,3-8,11-12,14,16-20H2,1-2H3,(H,39,44)/b10-9+,15-13+. The number of nitrogens with one attached hydrogen (secondary N) is 1. The molecular formula is C38H67NO18. The summed E-state index contributed by atoms with van der Waals surface area (Å²) in [7, 11) is 0. The maximum absolute atomic E-state index is 12.8. The molecule has 17 atom stereocenters. The highest BCUT2D eigenvalue weighted by molar-refractivity contribution is 5.76. The molecule has 1 amide bonds. The van der Waals surface area contributed by atoms with Crippen molar-refractivity contribution in [1.29, 1.82) is 0 Å². The highest BCUT2D eigenvalue weighted by Crippen LogP contribution is 2.32. The molecule has 0 saturated carbocycles. The Labute approximate surface area is 333 Å². The summed E-state index contributed by atoms with van der Waals surface area (Å²) in [4.78, 5) is 12.8. The largest absolute Gasteiger partial charge is 0.394 e. The van der Waals surface area contributed by atoms with Gasteiger partial charge < -0.3 is 89.9 Å². The molecule has 0 aliphatic carbocycles. The quantitative estimate of drug-likeness (QED) is 0.0349. The number of ether oxygens (including phenoxy) is 6. The van der Waals surface area contributed by atoms with E-state index in [2.05, 4.69) is 31.3 Å². The van der Waals surface area contributed by atoms with E-state index in [0.717, 1.165) is 44.9 Å². The van der Waals surface area contributed by atoms with Gasteiger partial charge in [-0.15, -0.1) is 0 Å². The molecule has 3 aliphatic rings. The molecule has 332 valence electrons. The maximum Gasteiger partial charge on any atom is 0.220 e. The highest BCUT2D eigenvalue weighted by atomic mass is 16.8. The van der Waals surface area contributed by atoms with Crippen molar-refractivity contribution in [1.82, 2.24) is 5.32 Å². The van der Waals surface area contributed by atoms with Crippen LogP contribution in [0.2, 0.25) is 0 Å². The summed E-state index contributed by atoms with van der Waals surface area (Å²) in [5.74, 6) is -0.312. The van der Waals surface area contributed by atoms with Crippen LogP contribution in [-0.4, -0.2) is 193 Å². The van der Waals surface area contributed by atoms with Gasteiger partial charge in [0.2, 0.25) is 5.91 Å². The fraction of sp³-hybridized carbons (Fsp3) is 0.868. The van der Waals surface area contributed by atoms with Crippen molar-refractivity contribution < 1.29 is 89.4 Å². The third-order valence-electron chi connectivity index (χ3n) is 10.3. The van der Waals surface area contributed by atoms with E-state index >= 15 is 0 Å². The first kappa shape index (κ1) is 49.6. The van der Waals surface area contributed by atoms with Crippen molar-refractivity contribution in [2.45, 2.75) is 182 Å². The third kappa shape index (κ3) is 14.5. The number of hydrogen-bond acceptors (Lipinski definition) is 18. The molecule has 19 heteroatoms.